The lowest BCUT2D eigenvalue weighted by molar-refractivity contribution is 0.988. The first kappa shape index (κ1) is 14.7. The van der Waals surface area contributed by atoms with Crippen molar-refractivity contribution in [1.82, 2.24) is 0 Å². The summed E-state index contributed by atoms with van der Waals surface area (Å²) < 4.78 is 0. The minimum absolute atomic E-state index is 0.936. The number of fused-ring (bicyclic) bond motifs is 2. The molecule has 0 nitrogen and oxygen atoms in total. The first-order valence-corrected chi connectivity index (χ1v) is 8.42. The van der Waals surface area contributed by atoms with E-state index in [-0.39, 0.29) is 0 Å². The van der Waals surface area contributed by atoms with E-state index in [1.54, 1.807) is 0 Å². The number of benzene rings is 4. The van der Waals surface area contributed by atoms with E-state index < -0.39 is 0 Å². The van der Waals surface area contributed by atoms with E-state index >= 15 is 0 Å². The molecule has 0 aliphatic rings. The Morgan fingerprint density at radius 3 is 2.00 bits per heavy atom. The maximum absolute atomic E-state index is 3.44. The highest BCUT2D eigenvalue weighted by Gasteiger charge is 1.96. The molecule has 0 heteroatoms. The zero-order chi connectivity index (χ0) is 16.2. The summed E-state index contributed by atoms with van der Waals surface area (Å²) >= 11 is 0. The standard InChI is InChI=1S/C24H19/c1(7-19-13-15-21-9-3-5-11-23(21)17-19)2-8-20-14-16-22-10-4-6-12-24(22)18-20/h3-6,8-18H,1,7H2. The molecule has 0 unspecified atom stereocenters. The van der Waals surface area contributed by atoms with Crippen LogP contribution in [0.2, 0.25) is 0 Å². The summed E-state index contributed by atoms with van der Waals surface area (Å²) in [5.74, 6) is 0. The van der Waals surface area contributed by atoms with Crippen LogP contribution in [-0.4, -0.2) is 0 Å². The van der Waals surface area contributed by atoms with Crippen LogP contribution in [0.4, 0.5) is 0 Å². The molecule has 4 rings (SSSR count). The van der Waals surface area contributed by atoms with Gasteiger partial charge in [-0.1, -0.05) is 84.9 Å². The smallest absolute Gasteiger partial charge is 0.0178 e. The summed E-state index contributed by atoms with van der Waals surface area (Å²) in [6.45, 7) is 0. The summed E-state index contributed by atoms with van der Waals surface area (Å²) in [6, 6.07) is 30.2. The van der Waals surface area contributed by atoms with Gasteiger partial charge in [-0.3, -0.25) is 0 Å². The zero-order valence-electron chi connectivity index (χ0n) is 13.6. The molecule has 0 heterocycles. The second-order valence-corrected chi connectivity index (χ2v) is 6.14. The van der Waals surface area contributed by atoms with Gasteiger partial charge in [0, 0.05) is 0 Å². The predicted molar refractivity (Wildman–Crippen MR) is 104 cm³/mol. The van der Waals surface area contributed by atoms with E-state index in [2.05, 4.69) is 97.1 Å². The second kappa shape index (κ2) is 6.72. The van der Waals surface area contributed by atoms with Gasteiger partial charge in [-0.05, 0) is 57.7 Å². The molecule has 4 aromatic rings. The molecule has 0 saturated carbocycles. The summed E-state index contributed by atoms with van der Waals surface area (Å²) in [4.78, 5) is 0. The number of allylic oxidation sites excluding steroid dienone is 1. The van der Waals surface area contributed by atoms with Gasteiger partial charge in [0.15, 0.2) is 0 Å². The Hall–Kier alpha value is -2.86. The topological polar surface area (TPSA) is 0 Å². The fourth-order valence-electron chi connectivity index (χ4n) is 3.10. The Kier molecular flexibility index (Phi) is 4.12. The molecule has 0 saturated heterocycles. The van der Waals surface area contributed by atoms with Crippen LogP contribution < -0.4 is 0 Å². The van der Waals surface area contributed by atoms with E-state index in [1.807, 2.05) is 0 Å². The third-order valence-electron chi connectivity index (χ3n) is 4.41. The Balaban J connectivity index is 1.44. The number of hydrogen-bond donors (Lipinski definition) is 0. The highest BCUT2D eigenvalue weighted by atomic mass is 14.0. The van der Waals surface area contributed by atoms with E-state index in [1.165, 1.54) is 32.7 Å². The first-order valence-electron chi connectivity index (χ1n) is 8.42. The van der Waals surface area contributed by atoms with Gasteiger partial charge in [0.2, 0.25) is 0 Å². The first-order chi connectivity index (χ1) is 11.9. The van der Waals surface area contributed by atoms with E-state index in [0.29, 0.717) is 0 Å². The van der Waals surface area contributed by atoms with Crippen molar-refractivity contribution in [3.63, 3.8) is 0 Å². The molecule has 1 radical (unpaired) electrons. The SMILES string of the molecule is [C](=Cc1ccc2ccccc2c1)CCc1ccc2ccccc2c1. The molecule has 0 amide bonds. The summed E-state index contributed by atoms with van der Waals surface area (Å²) in [5.41, 5.74) is 2.58. The zero-order valence-corrected chi connectivity index (χ0v) is 13.6. The Labute approximate surface area is 143 Å². The molecule has 0 atom stereocenters. The molecule has 24 heavy (non-hydrogen) atoms. The molecule has 0 fully saturated rings. The summed E-state index contributed by atoms with van der Waals surface area (Å²) in [6.07, 6.45) is 7.50. The molecule has 115 valence electrons. The van der Waals surface area contributed by atoms with Crippen molar-refractivity contribution in [2.45, 2.75) is 12.8 Å². The number of rotatable bonds is 4. The van der Waals surface area contributed by atoms with Crippen molar-refractivity contribution in [1.29, 1.82) is 0 Å². The quantitative estimate of drug-likeness (QED) is 0.407. The third kappa shape index (κ3) is 3.23. The largest absolute Gasteiger partial charge is 0.0616 e. The van der Waals surface area contributed by atoms with Crippen molar-refractivity contribution >= 4 is 27.6 Å². The molecule has 0 spiro atoms. The van der Waals surface area contributed by atoms with Crippen molar-refractivity contribution in [2.24, 2.45) is 0 Å². The maximum atomic E-state index is 3.44. The molecule has 0 aliphatic heterocycles. The van der Waals surface area contributed by atoms with Crippen LogP contribution in [0.15, 0.2) is 84.9 Å². The molecule has 0 bridgehead atoms. The molecule has 4 aromatic carbocycles. The molecule has 0 aromatic heterocycles. The number of hydrogen-bond acceptors (Lipinski definition) is 0. The van der Waals surface area contributed by atoms with Crippen LogP contribution in [0.5, 0.6) is 0 Å². The molecular weight excluding hydrogens is 288 g/mol. The average Bonchev–Trinajstić information content (AvgIpc) is 2.65. The van der Waals surface area contributed by atoms with Crippen molar-refractivity contribution in [3.05, 3.63) is 102 Å². The van der Waals surface area contributed by atoms with Gasteiger partial charge in [-0.25, -0.2) is 0 Å². The molecule has 0 N–H and O–H groups in total. The molecule has 0 aliphatic carbocycles. The van der Waals surface area contributed by atoms with Gasteiger partial charge < -0.3 is 0 Å². The predicted octanol–water partition coefficient (Wildman–Crippen LogP) is 6.44. The van der Waals surface area contributed by atoms with Crippen molar-refractivity contribution in [2.75, 3.05) is 0 Å². The Morgan fingerprint density at radius 2 is 1.25 bits per heavy atom. The lowest BCUT2D eigenvalue weighted by Crippen LogP contribution is -1.84. The minimum Gasteiger partial charge on any atom is -0.0616 e. The second-order valence-electron chi connectivity index (χ2n) is 6.14. The van der Waals surface area contributed by atoms with Crippen LogP contribution in [0.1, 0.15) is 17.5 Å². The highest BCUT2D eigenvalue weighted by molar-refractivity contribution is 5.84. The van der Waals surface area contributed by atoms with Gasteiger partial charge in [-0.2, -0.15) is 0 Å². The third-order valence-corrected chi connectivity index (χ3v) is 4.41. The van der Waals surface area contributed by atoms with Crippen molar-refractivity contribution in [3.8, 4) is 0 Å². The van der Waals surface area contributed by atoms with Gasteiger partial charge in [0.1, 0.15) is 0 Å². The highest BCUT2D eigenvalue weighted by Crippen LogP contribution is 2.18. The van der Waals surface area contributed by atoms with Crippen LogP contribution >= 0.6 is 0 Å². The Bertz CT molecular complexity index is 1010. The van der Waals surface area contributed by atoms with Gasteiger partial charge >= 0.3 is 0 Å². The van der Waals surface area contributed by atoms with Gasteiger partial charge in [-0.15, -0.1) is 0 Å². The Morgan fingerprint density at radius 1 is 0.625 bits per heavy atom. The normalized spacial score (nSPS) is 11.5. The molecular formula is C24H19. The monoisotopic (exact) mass is 307 g/mol. The summed E-state index contributed by atoms with van der Waals surface area (Å²) in [5, 5.41) is 5.18. The van der Waals surface area contributed by atoms with E-state index in [0.717, 1.165) is 12.8 Å². The maximum Gasteiger partial charge on any atom is -0.0178 e. The van der Waals surface area contributed by atoms with E-state index in [9.17, 15) is 0 Å². The lowest BCUT2D eigenvalue weighted by atomic mass is 10.0. The van der Waals surface area contributed by atoms with Gasteiger partial charge in [0.05, 0.1) is 0 Å². The van der Waals surface area contributed by atoms with Crippen LogP contribution in [0, 0.1) is 6.08 Å². The summed E-state index contributed by atoms with van der Waals surface area (Å²) in [7, 11) is 0. The fraction of sp³-hybridized carbons (Fsp3) is 0.0833. The van der Waals surface area contributed by atoms with Crippen LogP contribution in [0.25, 0.3) is 27.6 Å². The van der Waals surface area contributed by atoms with Crippen molar-refractivity contribution < 1.29 is 0 Å². The minimum atomic E-state index is 0.936. The van der Waals surface area contributed by atoms with Gasteiger partial charge in [0.25, 0.3) is 0 Å². The van der Waals surface area contributed by atoms with Crippen LogP contribution in [0.3, 0.4) is 0 Å². The van der Waals surface area contributed by atoms with Crippen LogP contribution in [-0.2, 0) is 6.42 Å². The van der Waals surface area contributed by atoms with E-state index in [4.69, 9.17) is 0 Å². The number of aryl methyl sites for hydroxylation is 1. The lowest BCUT2D eigenvalue weighted by Gasteiger charge is -2.02. The fourth-order valence-corrected chi connectivity index (χ4v) is 3.10. The average molecular weight is 307 g/mol.